The molecule has 2 fully saturated rings. The van der Waals surface area contributed by atoms with E-state index in [1.165, 1.54) is 32.1 Å². The molecule has 0 spiro atoms. The van der Waals surface area contributed by atoms with Gasteiger partial charge in [0.05, 0.1) is 0 Å². The number of hydrogen-bond acceptors (Lipinski definition) is 2. The number of guanidine groups is 1. The summed E-state index contributed by atoms with van der Waals surface area (Å²) in [6, 6.07) is 1.22. The number of piperidine rings is 1. The van der Waals surface area contributed by atoms with Gasteiger partial charge in [-0.05, 0) is 38.5 Å². The van der Waals surface area contributed by atoms with Crippen molar-refractivity contribution < 1.29 is 0 Å². The molecule has 1 saturated carbocycles. The second kappa shape index (κ2) is 8.42. The highest BCUT2D eigenvalue weighted by atomic mass is 15.2. The van der Waals surface area contributed by atoms with Gasteiger partial charge in [-0.2, -0.15) is 0 Å². The van der Waals surface area contributed by atoms with Crippen LogP contribution in [0.1, 0.15) is 46.0 Å². The molecule has 2 unspecified atom stereocenters. The molecule has 1 heterocycles. The SMILES string of the molecule is C=CCN1CCC(NC(=NCC)NC2CC2CCC)CC1. The molecule has 0 aromatic heterocycles. The Balaban J connectivity index is 1.73. The van der Waals surface area contributed by atoms with E-state index in [1.54, 1.807) is 0 Å². The lowest BCUT2D eigenvalue weighted by atomic mass is 10.1. The Morgan fingerprint density at radius 1 is 1.29 bits per heavy atom. The molecule has 2 N–H and O–H groups in total. The Kier molecular flexibility index (Phi) is 6.55. The summed E-state index contributed by atoms with van der Waals surface area (Å²) in [5.74, 6) is 1.90. The topological polar surface area (TPSA) is 39.7 Å². The molecule has 2 atom stereocenters. The van der Waals surface area contributed by atoms with Gasteiger partial charge in [0.25, 0.3) is 0 Å². The Bertz CT molecular complexity index is 345. The summed E-state index contributed by atoms with van der Waals surface area (Å²) in [6.45, 7) is 12.4. The van der Waals surface area contributed by atoms with E-state index in [4.69, 9.17) is 0 Å². The van der Waals surface area contributed by atoms with Gasteiger partial charge in [-0.3, -0.25) is 9.89 Å². The summed E-state index contributed by atoms with van der Waals surface area (Å²) in [7, 11) is 0. The number of hydrogen-bond donors (Lipinski definition) is 2. The fraction of sp³-hybridized carbons (Fsp3) is 0.824. The summed E-state index contributed by atoms with van der Waals surface area (Å²) in [6.07, 6.45) is 8.34. The van der Waals surface area contributed by atoms with Crippen molar-refractivity contribution in [2.45, 2.75) is 58.0 Å². The molecule has 4 nitrogen and oxygen atoms in total. The van der Waals surface area contributed by atoms with Gasteiger partial charge in [0.15, 0.2) is 5.96 Å². The van der Waals surface area contributed by atoms with Crippen LogP contribution in [0.3, 0.4) is 0 Å². The van der Waals surface area contributed by atoms with Crippen LogP contribution in [-0.4, -0.2) is 49.1 Å². The first kappa shape index (κ1) is 16.3. The van der Waals surface area contributed by atoms with E-state index >= 15 is 0 Å². The van der Waals surface area contributed by atoms with Gasteiger partial charge in [-0.1, -0.05) is 19.4 Å². The predicted octanol–water partition coefficient (Wildman–Crippen LogP) is 2.38. The van der Waals surface area contributed by atoms with Gasteiger partial charge in [-0.15, -0.1) is 6.58 Å². The van der Waals surface area contributed by atoms with Crippen LogP contribution < -0.4 is 10.6 Å². The van der Waals surface area contributed by atoms with Gasteiger partial charge in [0.2, 0.25) is 0 Å². The zero-order valence-electron chi connectivity index (χ0n) is 13.8. The molecule has 2 aliphatic rings. The van der Waals surface area contributed by atoms with Gasteiger partial charge in [0.1, 0.15) is 0 Å². The summed E-state index contributed by atoms with van der Waals surface area (Å²) in [5.41, 5.74) is 0. The highest BCUT2D eigenvalue weighted by Crippen LogP contribution is 2.34. The summed E-state index contributed by atoms with van der Waals surface area (Å²) in [4.78, 5) is 7.08. The van der Waals surface area contributed by atoms with E-state index in [0.29, 0.717) is 12.1 Å². The normalized spacial score (nSPS) is 27.4. The van der Waals surface area contributed by atoms with E-state index < -0.39 is 0 Å². The van der Waals surface area contributed by atoms with E-state index in [0.717, 1.165) is 38.1 Å². The second-order valence-corrected chi connectivity index (χ2v) is 6.37. The predicted molar refractivity (Wildman–Crippen MR) is 90.7 cm³/mol. The van der Waals surface area contributed by atoms with Crippen LogP contribution in [0.2, 0.25) is 0 Å². The third-order valence-corrected chi connectivity index (χ3v) is 4.54. The number of aliphatic imine (C=N–C) groups is 1. The Morgan fingerprint density at radius 3 is 2.67 bits per heavy atom. The number of likely N-dealkylation sites (tertiary alicyclic amines) is 1. The van der Waals surface area contributed by atoms with Crippen LogP contribution in [0.5, 0.6) is 0 Å². The highest BCUT2D eigenvalue weighted by Gasteiger charge is 2.36. The molecule has 1 aliphatic carbocycles. The minimum Gasteiger partial charge on any atom is -0.354 e. The van der Waals surface area contributed by atoms with Crippen LogP contribution in [0.4, 0.5) is 0 Å². The average molecular weight is 292 g/mol. The van der Waals surface area contributed by atoms with Crippen molar-refractivity contribution >= 4 is 5.96 Å². The smallest absolute Gasteiger partial charge is 0.191 e. The zero-order valence-corrected chi connectivity index (χ0v) is 13.8. The molecule has 2 rings (SSSR count). The molecule has 21 heavy (non-hydrogen) atoms. The summed E-state index contributed by atoms with van der Waals surface area (Å²) in [5, 5.41) is 7.26. The summed E-state index contributed by atoms with van der Waals surface area (Å²) < 4.78 is 0. The van der Waals surface area contributed by atoms with Crippen LogP contribution in [0.15, 0.2) is 17.6 Å². The Hall–Kier alpha value is -1.03. The fourth-order valence-corrected chi connectivity index (χ4v) is 3.22. The lowest BCUT2D eigenvalue weighted by molar-refractivity contribution is 0.225. The van der Waals surface area contributed by atoms with Crippen LogP contribution in [-0.2, 0) is 0 Å². The van der Waals surface area contributed by atoms with E-state index in [2.05, 4.69) is 41.0 Å². The molecular weight excluding hydrogens is 260 g/mol. The molecule has 0 radical (unpaired) electrons. The zero-order chi connectivity index (χ0) is 15.1. The first-order valence-corrected chi connectivity index (χ1v) is 8.67. The Morgan fingerprint density at radius 2 is 2.05 bits per heavy atom. The van der Waals surface area contributed by atoms with Crippen molar-refractivity contribution in [1.29, 1.82) is 0 Å². The molecule has 120 valence electrons. The molecule has 1 aliphatic heterocycles. The second-order valence-electron chi connectivity index (χ2n) is 6.37. The number of rotatable bonds is 7. The van der Waals surface area contributed by atoms with Crippen molar-refractivity contribution in [2.24, 2.45) is 10.9 Å². The molecule has 0 aromatic rings. The third-order valence-electron chi connectivity index (χ3n) is 4.54. The van der Waals surface area contributed by atoms with Crippen LogP contribution in [0, 0.1) is 5.92 Å². The van der Waals surface area contributed by atoms with Crippen molar-refractivity contribution in [1.82, 2.24) is 15.5 Å². The van der Waals surface area contributed by atoms with Crippen molar-refractivity contribution in [3.8, 4) is 0 Å². The maximum absolute atomic E-state index is 4.61. The van der Waals surface area contributed by atoms with Gasteiger partial charge < -0.3 is 10.6 Å². The quantitative estimate of drug-likeness (QED) is 0.430. The maximum atomic E-state index is 4.61. The Labute approximate surface area is 130 Å². The van der Waals surface area contributed by atoms with Gasteiger partial charge in [0, 0.05) is 38.3 Å². The average Bonchev–Trinajstić information content (AvgIpc) is 3.20. The minimum atomic E-state index is 0.562. The largest absolute Gasteiger partial charge is 0.354 e. The lowest BCUT2D eigenvalue weighted by Crippen LogP contribution is -2.49. The molecular formula is C17H32N4. The van der Waals surface area contributed by atoms with E-state index in [9.17, 15) is 0 Å². The summed E-state index contributed by atoms with van der Waals surface area (Å²) >= 11 is 0. The van der Waals surface area contributed by atoms with Crippen LogP contribution >= 0.6 is 0 Å². The third kappa shape index (κ3) is 5.34. The monoisotopic (exact) mass is 292 g/mol. The number of nitrogens with zero attached hydrogens (tertiary/aromatic N) is 2. The van der Waals surface area contributed by atoms with Crippen molar-refractivity contribution in [2.75, 3.05) is 26.2 Å². The molecule has 4 heteroatoms. The van der Waals surface area contributed by atoms with E-state index in [1.807, 2.05) is 6.08 Å². The van der Waals surface area contributed by atoms with E-state index in [-0.39, 0.29) is 0 Å². The molecule has 0 bridgehead atoms. The maximum Gasteiger partial charge on any atom is 0.191 e. The standard InChI is InChI=1S/C17H32N4/c1-4-7-14-13-16(14)20-17(18-6-3)19-15-8-11-21(10-5-2)12-9-15/h5,14-16H,2,4,6-13H2,1,3H3,(H2,18,19,20). The van der Waals surface area contributed by atoms with Crippen LogP contribution in [0.25, 0.3) is 0 Å². The van der Waals surface area contributed by atoms with Gasteiger partial charge >= 0.3 is 0 Å². The fourth-order valence-electron chi connectivity index (χ4n) is 3.22. The highest BCUT2D eigenvalue weighted by molar-refractivity contribution is 5.80. The molecule has 1 saturated heterocycles. The van der Waals surface area contributed by atoms with Gasteiger partial charge in [-0.25, -0.2) is 0 Å². The molecule has 0 amide bonds. The first-order chi connectivity index (χ1) is 10.3. The van der Waals surface area contributed by atoms with Crippen molar-refractivity contribution in [3.63, 3.8) is 0 Å². The van der Waals surface area contributed by atoms with Crippen molar-refractivity contribution in [3.05, 3.63) is 12.7 Å². The number of nitrogens with one attached hydrogen (secondary N) is 2. The minimum absolute atomic E-state index is 0.562. The first-order valence-electron chi connectivity index (χ1n) is 8.67. The lowest BCUT2D eigenvalue weighted by Gasteiger charge is -2.32. The molecule has 0 aromatic carbocycles.